The van der Waals surface area contributed by atoms with Crippen LogP contribution in [0.3, 0.4) is 0 Å². The minimum absolute atomic E-state index is 0.218. The van der Waals surface area contributed by atoms with Gasteiger partial charge in [0, 0.05) is 11.5 Å². The van der Waals surface area contributed by atoms with Crippen molar-refractivity contribution in [2.45, 2.75) is 38.1 Å². The molecule has 1 aromatic rings. The van der Waals surface area contributed by atoms with E-state index in [9.17, 15) is 0 Å². The van der Waals surface area contributed by atoms with E-state index in [0.29, 0.717) is 5.92 Å². The van der Waals surface area contributed by atoms with Crippen LogP contribution in [0.4, 0.5) is 0 Å². The fraction of sp³-hybridized carbons (Fsp3) is 0.588. The smallest absolute Gasteiger partial charge is 0.0301 e. The molecule has 2 heteroatoms. The molecule has 2 rings (SSSR count). The first kappa shape index (κ1) is 14.5. The lowest BCUT2D eigenvalue weighted by Gasteiger charge is -2.50. The first-order chi connectivity index (χ1) is 9.24. The van der Waals surface area contributed by atoms with E-state index >= 15 is 0 Å². The van der Waals surface area contributed by atoms with Crippen molar-refractivity contribution < 1.29 is 0 Å². The molecule has 1 aromatic carbocycles. The highest BCUT2D eigenvalue weighted by Gasteiger charge is 2.41. The van der Waals surface area contributed by atoms with Gasteiger partial charge in [0.05, 0.1) is 0 Å². The minimum atomic E-state index is 0.218. The van der Waals surface area contributed by atoms with Crippen molar-refractivity contribution in [3.8, 4) is 0 Å². The predicted molar refractivity (Wildman–Crippen MR) is 82.3 cm³/mol. The number of likely N-dealkylation sites (N-methyl/N-ethyl adjacent to an activating group) is 1. The van der Waals surface area contributed by atoms with Crippen LogP contribution in [-0.4, -0.2) is 36.6 Å². The summed E-state index contributed by atoms with van der Waals surface area (Å²) in [4.78, 5) is 2.62. The molecule has 0 saturated carbocycles. The van der Waals surface area contributed by atoms with Gasteiger partial charge < -0.3 is 5.32 Å². The number of nitrogens with one attached hydrogen (secondary N) is 1. The Bertz CT molecular complexity index is 364. The highest BCUT2D eigenvalue weighted by molar-refractivity contribution is 5.26. The average molecular weight is 259 g/mol. The van der Waals surface area contributed by atoms with E-state index < -0.39 is 0 Å². The second-order valence-corrected chi connectivity index (χ2v) is 5.49. The zero-order valence-electron chi connectivity index (χ0n) is 12.4. The van der Waals surface area contributed by atoms with Gasteiger partial charge >= 0.3 is 0 Å². The maximum atomic E-state index is 4.55. The summed E-state index contributed by atoms with van der Waals surface area (Å²) >= 11 is 0. The summed E-state index contributed by atoms with van der Waals surface area (Å²) in [6, 6.07) is 10.8. The molecular weight excluding hydrogens is 232 g/mol. The fourth-order valence-electron chi connectivity index (χ4n) is 3.59. The molecule has 0 bridgehead atoms. The SMILES string of the molecule is [CH2]C(c1ccccc1)C1(N(CC)CC)CCNCC1. The van der Waals surface area contributed by atoms with E-state index in [1.807, 2.05) is 0 Å². The van der Waals surface area contributed by atoms with Gasteiger partial charge in [-0.1, -0.05) is 44.2 Å². The van der Waals surface area contributed by atoms with Gasteiger partial charge in [0.25, 0.3) is 0 Å². The molecule has 1 radical (unpaired) electrons. The summed E-state index contributed by atoms with van der Waals surface area (Å²) in [6.07, 6.45) is 2.38. The molecule has 1 aliphatic rings. The summed E-state index contributed by atoms with van der Waals surface area (Å²) in [6.45, 7) is 13.5. The van der Waals surface area contributed by atoms with Gasteiger partial charge in [0.2, 0.25) is 0 Å². The highest BCUT2D eigenvalue weighted by atomic mass is 15.2. The molecule has 19 heavy (non-hydrogen) atoms. The van der Waals surface area contributed by atoms with Crippen molar-refractivity contribution in [2.75, 3.05) is 26.2 Å². The Morgan fingerprint density at radius 2 is 1.74 bits per heavy atom. The normalized spacial score (nSPS) is 20.4. The van der Waals surface area contributed by atoms with Crippen molar-refractivity contribution in [1.82, 2.24) is 10.2 Å². The standard InChI is InChI=1S/C17H27N2/c1-4-19(5-2)17(11-13-18-14-12-17)15(3)16-9-7-6-8-10-16/h6-10,15,18H,3-5,11-14H2,1-2H3. The molecule has 1 fully saturated rings. The lowest BCUT2D eigenvalue weighted by atomic mass is 9.73. The second-order valence-electron chi connectivity index (χ2n) is 5.49. The largest absolute Gasteiger partial charge is 0.317 e. The lowest BCUT2D eigenvalue weighted by Crippen LogP contribution is -2.57. The van der Waals surface area contributed by atoms with E-state index in [4.69, 9.17) is 0 Å². The molecule has 0 amide bonds. The first-order valence-corrected chi connectivity index (χ1v) is 7.58. The zero-order chi connectivity index (χ0) is 13.7. The number of nitrogens with zero attached hydrogens (tertiary/aromatic N) is 1. The monoisotopic (exact) mass is 259 g/mol. The summed E-state index contributed by atoms with van der Waals surface area (Å²) < 4.78 is 0. The molecule has 0 aromatic heterocycles. The van der Waals surface area contributed by atoms with E-state index in [2.05, 4.69) is 61.3 Å². The van der Waals surface area contributed by atoms with Gasteiger partial charge in [0.1, 0.15) is 0 Å². The van der Waals surface area contributed by atoms with Gasteiger partial charge in [-0.15, -0.1) is 0 Å². The fourth-order valence-corrected chi connectivity index (χ4v) is 3.59. The molecule has 1 aliphatic heterocycles. The maximum Gasteiger partial charge on any atom is 0.0301 e. The van der Waals surface area contributed by atoms with Gasteiger partial charge in [-0.05, 0) is 51.5 Å². The van der Waals surface area contributed by atoms with E-state index in [1.54, 1.807) is 0 Å². The van der Waals surface area contributed by atoms with Crippen molar-refractivity contribution in [3.05, 3.63) is 42.8 Å². The Balaban J connectivity index is 2.31. The van der Waals surface area contributed by atoms with Crippen molar-refractivity contribution in [2.24, 2.45) is 0 Å². The van der Waals surface area contributed by atoms with E-state index in [-0.39, 0.29) is 5.54 Å². The van der Waals surface area contributed by atoms with Crippen LogP contribution in [0, 0.1) is 6.92 Å². The summed E-state index contributed by atoms with van der Waals surface area (Å²) in [5.41, 5.74) is 1.59. The predicted octanol–water partition coefficient (Wildman–Crippen LogP) is 3.07. The number of benzene rings is 1. The summed E-state index contributed by atoms with van der Waals surface area (Å²) in [5.74, 6) is 0.343. The van der Waals surface area contributed by atoms with Crippen LogP contribution in [0.15, 0.2) is 30.3 Å². The molecule has 1 saturated heterocycles. The van der Waals surface area contributed by atoms with Gasteiger partial charge in [0.15, 0.2) is 0 Å². The molecule has 0 aliphatic carbocycles. The van der Waals surface area contributed by atoms with Crippen LogP contribution < -0.4 is 5.32 Å². The van der Waals surface area contributed by atoms with Crippen LogP contribution in [0.1, 0.15) is 38.2 Å². The first-order valence-electron chi connectivity index (χ1n) is 7.58. The molecule has 2 nitrogen and oxygen atoms in total. The average Bonchev–Trinajstić information content (AvgIpc) is 2.49. The molecule has 0 spiro atoms. The van der Waals surface area contributed by atoms with Crippen LogP contribution in [-0.2, 0) is 0 Å². The Labute approximate surface area is 118 Å². The van der Waals surface area contributed by atoms with Crippen LogP contribution in [0.25, 0.3) is 0 Å². The van der Waals surface area contributed by atoms with Gasteiger partial charge in [-0.3, -0.25) is 4.90 Å². The molecular formula is C17H27N2. The summed E-state index contributed by atoms with van der Waals surface area (Å²) in [7, 11) is 0. The van der Waals surface area contributed by atoms with Crippen molar-refractivity contribution in [1.29, 1.82) is 0 Å². The lowest BCUT2D eigenvalue weighted by molar-refractivity contribution is 0.0516. The Kier molecular flexibility index (Phi) is 5.00. The minimum Gasteiger partial charge on any atom is -0.317 e. The third-order valence-electron chi connectivity index (χ3n) is 4.71. The number of hydrogen-bond acceptors (Lipinski definition) is 2. The summed E-state index contributed by atoms with van der Waals surface area (Å²) in [5, 5.41) is 3.49. The van der Waals surface area contributed by atoms with Crippen LogP contribution >= 0.6 is 0 Å². The second kappa shape index (κ2) is 6.53. The molecule has 105 valence electrons. The topological polar surface area (TPSA) is 15.3 Å². The van der Waals surface area contributed by atoms with E-state index in [1.165, 1.54) is 18.4 Å². The van der Waals surface area contributed by atoms with Crippen LogP contribution in [0.2, 0.25) is 0 Å². The molecule has 1 unspecified atom stereocenters. The van der Waals surface area contributed by atoms with Gasteiger partial charge in [-0.25, -0.2) is 0 Å². The number of piperidine rings is 1. The number of rotatable bonds is 5. The molecule has 1 N–H and O–H groups in total. The number of hydrogen-bond donors (Lipinski definition) is 1. The quantitative estimate of drug-likeness (QED) is 0.874. The zero-order valence-corrected chi connectivity index (χ0v) is 12.4. The highest BCUT2D eigenvalue weighted by Crippen LogP contribution is 2.39. The molecule has 1 atom stereocenters. The maximum absolute atomic E-state index is 4.55. The third-order valence-corrected chi connectivity index (χ3v) is 4.71. The van der Waals surface area contributed by atoms with Crippen molar-refractivity contribution >= 4 is 0 Å². The Hall–Kier alpha value is -0.860. The van der Waals surface area contributed by atoms with Crippen LogP contribution in [0.5, 0.6) is 0 Å². The Morgan fingerprint density at radius 3 is 2.26 bits per heavy atom. The van der Waals surface area contributed by atoms with E-state index in [0.717, 1.165) is 26.2 Å². The van der Waals surface area contributed by atoms with Crippen molar-refractivity contribution in [3.63, 3.8) is 0 Å². The molecule has 1 heterocycles. The van der Waals surface area contributed by atoms with Gasteiger partial charge in [-0.2, -0.15) is 0 Å². The Morgan fingerprint density at radius 1 is 1.16 bits per heavy atom. The third kappa shape index (κ3) is 2.85.